The minimum atomic E-state index is 0.475. The number of nitrogens with zero attached hydrogens (tertiary/aromatic N) is 2. The predicted molar refractivity (Wildman–Crippen MR) is 77.0 cm³/mol. The van der Waals surface area contributed by atoms with Gasteiger partial charge in [0.15, 0.2) is 0 Å². The van der Waals surface area contributed by atoms with Gasteiger partial charge in [0, 0.05) is 6.04 Å². The topological polar surface area (TPSA) is 37.8 Å². The average molecular weight is 267 g/mol. The monoisotopic (exact) mass is 267 g/mol. The SMILES string of the molecule is CCNC(c1snnc1C(C)C)C1CCCCC1. The van der Waals surface area contributed by atoms with Gasteiger partial charge < -0.3 is 5.32 Å². The number of nitrogens with one attached hydrogen (secondary N) is 1. The first kappa shape index (κ1) is 13.9. The summed E-state index contributed by atoms with van der Waals surface area (Å²) in [6.07, 6.45) is 6.89. The molecule has 0 aromatic carbocycles. The van der Waals surface area contributed by atoms with E-state index >= 15 is 0 Å². The lowest BCUT2D eigenvalue weighted by Crippen LogP contribution is -2.29. The zero-order valence-electron chi connectivity index (χ0n) is 11.8. The summed E-state index contributed by atoms with van der Waals surface area (Å²) in [5, 5.41) is 8.02. The maximum absolute atomic E-state index is 4.34. The number of hydrogen-bond acceptors (Lipinski definition) is 4. The second kappa shape index (κ2) is 6.62. The molecule has 1 fully saturated rings. The molecule has 1 heterocycles. The van der Waals surface area contributed by atoms with Gasteiger partial charge in [-0.1, -0.05) is 44.5 Å². The maximum Gasteiger partial charge on any atom is 0.0829 e. The lowest BCUT2D eigenvalue weighted by atomic mass is 9.82. The van der Waals surface area contributed by atoms with E-state index in [1.54, 1.807) is 11.5 Å². The summed E-state index contributed by atoms with van der Waals surface area (Å²) in [5.74, 6) is 1.25. The molecule has 1 aliphatic carbocycles. The van der Waals surface area contributed by atoms with Gasteiger partial charge in [-0.25, -0.2) is 0 Å². The first-order valence-corrected chi connectivity index (χ1v) is 8.06. The Balaban J connectivity index is 2.19. The summed E-state index contributed by atoms with van der Waals surface area (Å²) < 4.78 is 4.19. The fraction of sp³-hybridized carbons (Fsp3) is 0.857. The molecule has 1 aromatic heterocycles. The van der Waals surface area contributed by atoms with Crippen LogP contribution in [-0.4, -0.2) is 16.1 Å². The molecule has 3 nitrogen and oxygen atoms in total. The molecule has 18 heavy (non-hydrogen) atoms. The van der Waals surface area contributed by atoms with E-state index in [9.17, 15) is 0 Å². The van der Waals surface area contributed by atoms with Crippen molar-refractivity contribution in [3.05, 3.63) is 10.6 Å². The van der Waals surface area contributed by atoms with Crippen molar-refractivity contribution in [2.24, 2.45) is 5.92 Å². The summed E-state index contributed by atoms with van der Waals surface area (Å²) in [7, 11) is 0. The van der Waals surface area contributed by atoms with Crippen LogP contribution in [-0.2, 0) is 0 Å². The summed E-state index contributed by atoms with van der Waals surface area (Å²) in [6, 6.07) is 0.479. The Morgan fingerprint density at radius 2 is 2.00 bits per heavy atom. The van der Waals surface area contributed by atoms with Crippen LogP contribution in [0, 0.1) is 5.92 Å². The molecule has 1 unspecified atom stereocenters. The van der Waals surface area contributed by atoms with Gasteiger partial charge in [0.05, 0.1) is 10.6 Å². The molecule has 0 aliphatic heterocycles. The fourth-order valence-electron chi connectivity index (χ4n) is 2.98. The minimum Gasteiger partial charge on any atom is -0.309 e. The third kappa shape index (κ3) is 3.09. The predicted octanol–water partition coefficient (Wildman–Crippen LogP) is 3.89. The summed E-state index contributed by atoms with van der Waals surface area (Å²) in [4.78, 5) is 1.39. The maximum atomic E-state index is 4.34. The van der Waals surface area contributed by atoms with Gasteiger partial charge in [-0.05, 0) is 42.8 Å². The van der Waals surface area contributed by atoms with E-state index in [1.807, 2.05) is 0 Å². The van der Waals surface area contributed by atoms with Crippen molar-refractivity contribution in [2.75, 3.05) is 6.54 Å². The second-order valence-corrected chi connectivity index (χ2v) is 6.40. The van der Waals surface area contributed by atoms with Crippen LogP contribution in [0.1, 0.15) is 75.4 Å². The Morgan fingerprint density at radius 3 is 2.61 bits per heavy atom. The summed E-state index contributed by atoms with van der Waals surface area (Å²) in [5.41, 5.74) is 1.21. The third-order valence-corrected chi connectivity index (χ3v) is 4.74. The average Bonchev–Trinajstić information content (AvgIpc) is 2.86. The molecular weight excluding hydrogens is 242 g/mol. The molecule has 4 heteroatoms. The molecule has 1 aliphatic rings. The van der Waals surface area contributed by atoms with Crippen LogP contribution in [0.2, 0.25) is 0 Å². The van der Waals surface area contributed by atoms with E-state index in [-0.39, 0.29) is 0 Å². The Morgan fingerprint density at radius 1 is 1.28 bits per heavy atom. The van der Waals surface area contributed by atoms with Gasteiger partial charge in [0.2, 0.25) is 0 Å². The van der Waals surface area contributed by atoms with Crippen molar-refractivity contribution >= 4 is 11.5 Å². The van der Waals surface area contributed by atoms with E-state index in [0.29, 0.717) is 12.0 Å². The van der Waals surface area contributed by atoms with Crippen molar-refractivity contribution < 1.29 is 0 Å². The normalized spacial score (nSPS) is 19.3. The van der Waals surface area contributed by atoms with Crippen molar-refractivity contribution in [3.63, 3.8) is 0 Å². The molecule has 1 atom stereocenters. The van der Waals surface area contributed by atoms with Crippen LogP contribution in [0.5, 0.6) is 0 Å². The number of hydrogen-bond donors (Lipinski definition) is 1. The number of aromatic nitrogens is 2. The first-order chi connectivity index (χ1) is 8.74. The smallest absolute Gasteiger partial charge is 0.0829 e. The van der Waals surface area contributed by atoms with Crippen molar-refractivity contribution in [3.8, 4) is 0 Å². The Kier molecular flexibility index (Phi) is 5.13. The van der Waals surface area contributed by atoms with E-state index in [0.717, 1.165) is 12.5 Å². The lowest BCUT2D eigenvalue weighted by Gasteiger charge is -2.30. The zero-order chi connectivity index (χ0) is 13.0. The molecule has 1 saturated carbocycles. The molecule has 1 aromatic rings. The third-order valence-electron chi connectivity index (χ3n) is 3.91. The molecule has 0 amide bonds. The molecular formula is C14H25N3S. The van der Waals surface area contributed by atoms with Crippen LogP contribution in [0.3, 0.4) is 0 Å². The van der Waals surface area contributed by atoms with Gasteiger partial charge in [-0.15, -0.1) is 5.10 Å². The second-order valence-electron chi connectivity index (χ2n) is 5.61. The van der Waals surface area contributed by atoms with E-state index in [2.05, 4.69) is 35.7 Å². The van der Waals surface area contributed by atoms with Gasteiger partial charge >= 0.3 is 0 Å². The molecule has 1 N–H and O–H groups in total. The standard InChI is InChI=1S/C14H25N3S/c1-4-15-13(11-8-6-5-7-9-11)14-12(10(2)3)16-17-18-14/h10-11,13,15H,4-9H2,1-3H3. The van der Waals surface area contributed by atoms with Gasteiger partial charge in [-0.3, -0.25) is 0 Å². The van der Waals surface area contributed by atoms with Gasteiger partial charge in [0.25, 0.3) is 0 Å². The van der Waals surface area contributed by atoms with Crippen molar-refractivity contribution in [2.45, 2.75) is 64.8 Å². The molecule has 0 spiro atoms. The van der Waals surface area contributed by atoms with E-state index in [4.69, 9.17) is 0 Å². The molecule has 0 bridgehead atoms. The zero-order valence-corrected chi connectivity index (χ0v) is 12.6. The van der Waals surface area contributed by atoms with E-state index < -0.39 is 0 Å². The molecule has 0 radical (unpaired) electrons. The van der Waals surface area contributed by atoms with Crippen LogP contribution in [0.15, 0.2) is 0 Å². The highest BCUT2D eigenvalue weighted by Gasteiger charge is 2.29. The summed E-state index contributed by atoms with van der Waals surface area (Å²) >= 11 is 1.60. The molecule has 102 valence electrons. The fourth-order valence-corrected chi connectivity index (χ4v) is 3.96. The quantitative estimate of drug-likeness (QED) is 0.879. The molecule has 2 rings (SSSR count). The van der Waals surface area contributed by atoms with Crippen LogP contribution >= 0.6 is 11.5 Å². The highest BCUT2D eigenvalue weighted by atomic mass is 32.1. The van der Waals surface area contributed by atoms with Crippen LogP contribution in [0.4, 0.5) is 0 Å². The minimum absolute atomic E-state index is 0.475. The van der Waals surface area contributed by atoms with Crippen LogP contribution in [0.25, 0.3) is 0 Å². The van der Waals surface area contributed by atoms with E-state index in [1.165, 1.54) is 42.7 Å². The van der Waals surface area contributed by atoms with Crippen molar-refractivity contribution in [1.82, 2.24) is 14.9 Å². The van der Waals surface area contributed by atoms with Gasteiger partial charge in [0.1, 0.15) is 0 Å². The molecule has 0 saturated heterocycles. The van der Waals surface area contributed by atoms with Crippen LogP contribution < -0.4 is 5.32 Å². The largest absolute Gasteiger partial charge is 0.309 e. The van der Waals surface area contributed by atoms with Crippen molar-refractivity contribution in [1.29, 1.82) is 0 Å². The first-order valence-electron chi connectivity index (χ1n) is 7.29. The Labute approximate surface area is 115 Å². The lowest BCUT2D eigenvalue weighted by molar-refractivity contribution is 0.276. The highest BCUT2D eigenvalue weighted by molar-refractivity contribution is 7.05. The van der Waals surface area contributed by atoms with Gasteiger partial charge in [-0.2, -0.15) is 0 Å². The number of rotatable bonds is 5. The Bertz CT molecular complexity index is 356. The summed E-state index contributed by atoms with van der Waals surface area (Å²) in [6.45, 7) is 7.64. The Hall–Kier alpha value is -0.480. The highest BCUT2D eigenvalue weighted by Crippen LogP contribution is 2.38.